The zero-order valence-corrected chi connectivity index (χ0v) is 18.0. The lowest BCUT2D eigenvalue weighted by Gasteiger charge is -2.18. The van der Waals surface area contributed by atoms with E-state index in [0.717, 1.165) is 4.31 Å². The third-order valence-electron chi connectivity index (χ3n) is 4.84. The van der Waals surface area contributed by atoms with Crippen LogP contribution in [0.4, 0.5) is 10.1 Å². The van der Waals surface area contributed by atoms with Crippen LogP contribution in [0.15, 0.2) is 71.6 Å². The number of nitrogens with one attached hydrogen (secondary N) is 1. The van der Waals surface area contributed by atoms with E-state index in [1.165, 1.54) is 36.4 Å². The van der Waals surface area contributed by atoms with E-state index >= 15 is 0 Å². The Hall–Kier alpha value is -3.72. The molecular formula is C23H19FN2O5S. The van der Waals surface area contributed by atoms with E-state index < -0.39 is 33.7 Å². The molecule has 0 saturated carbocycles. The molecule has 0 saturated heterocycles. The molecule has 0 atom stereocenters. The van der Waals surface area contributed by atoms with Gasteiger partial charge >= 0.3 is 0 Å². The number of ether oxygens (including phenoxy) is 1. The maximum atomic E-state index is 13.5. The molecule has 3 aromatic rings. The van der Waals surface area contributed by atoms with Crippen molar-refractivity contribution >= 4 is 27.5 Å². The maximum Gasteiger partial charge on any atom is 0.269 e. The number of hydrogen-bond donors (Lipinski definition) is 1. The maximum absolute atomic E-state index is 13.5. The van der Waals surface area contributed by atoms with Gasteiger partial charge in [0.2, 0.25) is 0 Å². The SMILES string of the molecule is CC(C)N1C(=O)c2ccc(C(=O)Nc3ccccc3Oc3cccc(F)c3)cc2S1(=O)=O. The molecule has 1 aliphatic heterocycles. The van der Waals surface area contributed by atoms with Crippen LogP contribution in [0.2, 0.25) is 0 Å². The summed E-state index contributed by atoms with van der Waals surface area (Å²) in [5.74, 6) is -1.14. The molecular weight excluding hydrogens is 435 g/mol. The van der Waals surface area contributed by atoms with Crippen molar-refractivity contribution in [3.63, 3.8) is 0 Å². The van der Waals surface area contributed by atoms with Gasteiger partial charge in [-0.05, 0) is 56.3 Å². The van der Waals surface area contributed by atoms with Gasteiger partial charge in [-0.1, -0.05) is 18.2 Å². The molecule has 164 valence electrons. The summed E-state index contributed by atoms with van der Waals surface area (Å²) in [6.07, 6.45) is 0. The van der Waals surface area contributed by atoms with Crippen LogP contribution in [0, 0.1) is 5.82 Å². The molecule has 0 bridgehead atoms. The fraction of sp³-hybridized carbons (Fsp3) is 0.130. The predicted octanol–water partition coefficient (Wildman–Crippen LogP) is 4.42. The van der Waals surface area contributed by atoms with Crippen molar-refractivity contribution in [2.45, 2.75) is 24.8 Å². The number of hydrogen-bond acceptors (Lipinski definition) is 5. The highest BCUT2D eigenvalue weighted by atomic mass is 32.2. The fourth-order valence-corrected chi connectivity index (χ4v) is 5.20. The fourth-order valence-electron chi connectivity index (χ4n) is 3.41. The van der Waals surface area contributed by atoms with Gasteiger partial charge in [0.25, 0.3) is 21.8 Å². The summed E-state index contributed by atoms with van der Waals surface area (Å²) in [5.41, 5.74) is 0.404. The number of carbonyl (C=O) groups is 2. The molecule has 0 spiro atoms. The molecule has 0 aromatic heterocycles. The second kappa shape index (κ2) is 8.08. The first kappa shape index (κ1) is 21.5. The number of sulfonamides is 1. The number of rotatable bonds is 5. The Balaban J connectivity index is 1.62. The Morgan fingerprint density at radius 2 is 1.78 bits per heavy atom. The lowest BCUT2D eigenvalue weighted by Crippen LogP contribution is -2.36. The van der Waals surface area contributed by atoms with Gasteiger partial charge in [0.15, 0.2) is 5.75 Å². The molecule has 2 amide bonds. The summed E-state index contributed by atoms with van der Waals surface area (Å²) >= 11 is 0. The van der Waals surface area contributed by atoms with E-state index in [4.69, 9.17) is 4.74 Å². The summed E-state index contributed by atoms with van der Waals surface area (Å²) in [5, 5.41) is 2.67. The van der Waals surface area contributed by atoms with Gasteiger partial charge in [0.1, 0.15) is 16.5 Å². The van der Waals surface area contributed by atoms with E-state index in [0.29, 0.717) is 5.69 Å². The van der Waals surface area contributed by atoms with Crippen LogP contribution < -0.4 is 10.1 Å². The van der Waals surface area contributed by atoms with Gasteiger partial charge < -0.3 is 10.1 Å². The molecule has 0 radical (unpaired) electrons. The second-order valence-corrected chi connectivity index (χ2v) is 9.20. The number of benzene rings is 3. The quantitative estimate of drug-likeness (QED) is 0.616. The topological polar surface area (TPSA) is 92.8 Å². The van der Waals surface area contributed by atoms with E-state index in [1.54, 1.807) is 44.2 Å². The third kappa shape index (κ3) is 3.82. The summed E-state index contributed by atoms with van der Waals surface area (Å²) < 4.78 is 45.5. The molecule has 7 nitrogen and oxygen atoms in total. The lowest BCUT2D eigenvalue weighted by molar-refractivity contribution is 0.0846. The van der Waals surface area contributed by atoms with Gasteiger partial charge in [-0.2, -0.15) is 0 Å². The van der Waals surface area contributed by atoms with Crippen molar-refractivity contribution in [3.8, 4) is 11.5 Å². The minimum atomic E-state index is -4.03. The average Bonchev–Trinajstić information content (AvgIpc) is 2.94. The standard InChI is InChI=1S/C23H19FN2O5S/c1-14(2)26-23(28)18-11-10-15(12-21(18)32(26,29)30)22(27)25-19-8-3-4-9-20(19)31-17-7-5-6-16(24)13-17/h3-14H,1-2H3,(H,25,27). The van der Waals surface area contributed by atoms with E-state index in [1.807, 2.05) is 0 Å². The minimum absolute atomic E-state index is 0.0325. The Kier molecular flexibility index (Phi) is 5.43. The van der Waals surface area contributed by atoms with Crippen molar-refractivity contribution < 1.29 is 27.1 Å². The summed E-state index contributed by atoms with van der Waals surface area (Å²) in [4.78, 5) is 25.1. The third-order valence-corrected chi connectivity index (χ3v) is 6.84. The molecule has 3 aromatic carbocycles. The first-order valence-electron chi connectivity index (χ1n) is 9.75. The zero-order valence-electron chi connectivity index (χ0n) is 17.2. The largest absolute Gasteiger partial charge is 0.455 e. The molecule has 1 heterocycles. The van der Waals surface area contributed by atoms with Crippen LogP contribution in [0.25, 0.3) is 0 Å². The molecule has 9 heteroatoms. The normalized spacial score (nSPS) is 14.4. The van der Waals surface area contributed by atoms with Crippen molar-refractivity contribution in [2.75, 3.05) is 5.32 Å². The second-order valence-electron chi connectivity index (χ2n) is 7.42. The number of halogens is 1. The van der Waals surface area contributed by atoms with Gasteiger partial charge in [-0.3, -0.25) is 9.59 Å². The van der Waals surface area contributed by atoms with Crippen molar-refractivity contribution in [3.05, 3.63) is 83.7 Å². The van der Waals surface area contributed by atoms with Crippen LogP contribution in [0.3, 0.4) is 0 Å². The smallest absolute Gasteiger partial charge is 0.269 e. The molecule has 32 heavy (non-hydrogen) atoms. The summed E-state index contributed by atoms with van der Waals surface area (Å²) in [6, 6.07) is 15.5. The van der Waals surface area contributed by atoms with Gasteiger partial charge in [0.05, 0.1) is 11.3 Å². The van der Waals surface area contributed by atoms with Crippen LogP contribution in [0.1, 0.15) is 34.6 Å². The Morgan fingerprint density at radius 1 is 1.03 bits per heavy atom. The number of fused-ring (bicyclic) bond motifs is 1. The molecule has 0 aliphatic carbocycles. The summed E-state index contributed by atoms with van der Waals surface area (Å²) in [6.45, 7) is 3.20. The molecule has 0 unspecified atom stereocenters. The Morgan fingerprint density at radius 3 is 2.50 bits per heavy atom. The summed E-state index contributed by atoms with van der Waals surface area (Å²) in [7, 11) is -4.03. The van der Waals surface area contributed by atoms with Crippen molar-refractivity contribution in [1.29, 1.82) is 0 Å². The number of nitrogens with zero attached hydrogens (tertiary/aromatic N) is 1. The predicted molar refractivity (Wildman–Crippen MR) is 116 cm³/mol. The highest BCUT2D eigenvalue weighted by Gasteiger charge is 2.42. The van der Waals surface area contributed by atoms with E-state index in [9.17, 15) is 22.4 Å². The van der Waals surface area contributed by atoms with Gasteiger partial charge in [-0.15, -0.1) is 0 Å². The number of amides is 2. The molecule has 1 N–H and O–H groups in total. The molecule has 1 aliphatic rings. The van der Waals surface area contributed by atoms with Crippen LogP contribution in [-0.4, -0.2) is 30.6 Å². The monoisotopic (exact) mass is 454 g/mol. The average molecular weight is 454 g/mol. The van der Waals surface area contributed by atoms with Crippen LogP contribution >= 0.6 is 0 Å². The Labute approximate surface area is 184 Å². The van der Waals surface area contributed by atoms with Gasteiger partial charge in [0, 0.05) is 17.7 Å². The molecule has 0 fully saturated rings. The first-order valence-corrected chi connectivity index (χ1v) is 11.2. The highest BCUT2D eigenvalue weighted by molar-refractivity contribution is 7.90. The first-order chi connectivity index (χ1) is 15.2. The number of carbonyl (C=O) groups excluding carboxylic acids is 2. The van der Waals surface area contributed by atoms with Crippen LogP contribution in [0.5, 0.6) is 11.5 Å². The number of anilines is 1. The molecule has 4 rings (SSSR count). The minimum Gasteiger partial charge on any atom is -0.455 e. The van der Waals surface area contributed by atoms with Gasteiger partial charge in [-0.25, -0.2) is 17.1 Å². The number of para-hydroxylation sites is 2. The zero-order chi connectivity index (χ0) is 23.0. The van der Waals surface area contributed by atoms with Crippen molar-refractivity contribution in [1.82, 2.24) is 4.31 Å². The van der Waals surface area contributed by atoms with Crippen molar-refractivity contribution in [2.24, 2.45) is 0 Å². The van der Waals surface area contributed by atoms with Crippen LogP contribution in [-0.2, 0) is 10.0 Å². The highest BCUT2D eigenvalue weighted by Crippen LogP contribution is 2.34. The van der Waals surface area contributed by atoms with E-state index in [2.05, 4.69) is 5.32 Å². The Bertz CT molecular complexity index is 1340. The lowest BCUT2D eigenvalue weighted by atomic mass is 10.1. The van der Waals surface area contributed by atoms with E-state index in [-0.39, 0.29) is 27.5 Å².